The van der Waals surface area contributed by atoms with E-state index in [1.54, 1.807) is 13.2 Å². The van der Waals surface area contributed by atoms with E-state index in [1.165, 1.54) is 0 Å². The van der Waals surface area contributed by atoms with Crippen LogP contribution < -0.4 is 9.47 Å². The summed E-state index contributed by atoms with van der Waals surface area (Å²) in [6.07, 6.45) is 5.03. The topological polar surface area (TPSA) is 57.2 Å². The highest BCUT2D eigenvalue weighted by Gasteiger charge is 2.60. The average molecular weight is 329 g/mol. The molecule has 1 aromatic rings. The van der Waals surface area contributed by atoms with Crippen LogP contribution >= 0.6 is 0 Å². The summed E-state index contributed by atoms with van der Waals surface area (Å²) < 4.78 is 22.4. The summed E-state index contributed by atoms with van der Waals surface area (Å²) in [5, 5.41) is 0. The first kappa shape index (κ1) is 14.3. The molecule has 1 fully saturated rings. The number of methoxy groups -OCH3 is 1. The third-order valence-electron chi connectivity index (χ3n) is 5.86. The molecule has 5 rings (SSSR count). The third-order valence-corrected chi connectivity index (χ3v) is 5.86. The van der Waals surface area contributed by atoms with Crippen LogP contribution in [0, 0.1) is 0 Å². The second kappa shape index (κ2) is 4.74. The van der Waals surface area contributed by atoms with Gasteiger partial charge in [-0.2, -0.15) is 0 Å². The number of hydrogen-bond acceptors (Lipinski definition) is 6. The molecule has 0 saturated carbocycles. The fourth-order valence-electron chi connectivity index (χ4n) is 4.69. The van der Waals surface area contributed by atoms with Gasteiger partial charge in [-0.3, -0.25) is 4.90 Å². The van der Waals surface area contributed by atoms with E-state index < -0.39 is 0 Å². The number of carbonyl (C=O) groups is 1. The molecular weight excluding hydrogens is 310 g/mol. The van der Waals surface area contributed by atoms with E-state index in [2.05, 4.69) is 24.1 Å². The number of fused-ring (bicyclic) bond motifs is 2. The molecule has 3 heterocycles. The predicted octanol–water partition coefficient (Wildman–Crippen LogP) is 1.48. The Morgan fingerprint density at radius 1 is 1.29 bits per heavy atom. The van der Waals surface area contributed by atoms with Crippen LogP contribution in [0.1, 0.15) is 22.3 Å². The van der Waals surface area contributed by atoms with Gasteiger partial charge in [-0.25, -0.2) is 4.79 Å². The van der Waals surface area contributed by atoms with Gasteiger partial charge >= 0.3 is 5.97 Å². The van der Waals surface area contributed by atoms with Crippen LogP contribution in [0.2, 0.25) is 0 Å². The lowest BCUT2D eigenvalue weighted by molar-refractivity contribution is 0.0118. The molecule has 6 nitrogen and oxygen atoms in total. The molecule has 1 spiro atoms. The predicted molar refractivity (Wildman–Crippen MR) is 84.4 cm³/mol. The van der Waals surface area contributed by atoms with E-state index in [0.717, 1.165) is 12.0 Å². The number of likely N-dealkylation sites (N-methyl/N-ethyl adjacent to an activating group) is 1. The van der Waals surface area contributed by atoms with Crippen LogP contribution in [0.5, 0.6) is 11.5 Å². The van der Waals surface area contributed by atoms with E-state index in [-0.39, 0.29) is 36.4 Å². The molecule has 2 unspecified atom stereocenters. The first-order chi connectivity index (χ1) is 11.6. The van der Waals surface area contributed by atoms with Crippen LogP contribution in [0.15, 0.2) is 24.3 Å². The number of esters is 1. The van der Waals surface area contributed by atoms with Crippen molar-refractivity contribution in [1.82, 2.24) is 4.90 Å². The molecule has 0 radical (unpaired) electrons. The van der Waals surface area contributed by atoms with Crippen molar-refractivity contribution in [3.05, 3.63) is 35.4 Å². The zero-order valence-corrected chi connectivity index (χ0v) is 13.7. The summed E-state index contributed by atoms with van der Waals surface area (Å²) in [5.41, 5.74) is 1.21. The maximum atomic E-state index is 12.5. The molecule has 4 aliphatic rings. The third kappa shape index (κ3) is 1.65. The molecular formula is C18H19NO5. The van der Waals surface area contributed by atoms with Gasteiger partial charge in [-0.05, 0) is 31.2 Å². The van der Waals surface area contributed by atoms with Crippen molar-refractivity contribution >= 4 is 5.97 Å². The van der Waals surface area contributed by atoms with Crippen molar-refractivity contribution in [3.63, 3.8) is 0 Å². The smallest absolute Gasteiger partial charge is 0.338 e. The number of likely N-dealkylation sites (tertiary alicyclic amines) is 1. The van der Waals surface area contributed by atoms with E-state index in [1.807, 2.05) is 6.07 Å². The minimum absolute atomic E-state index is 0.0805. The van der Waals surface area contributed by atoms with Crippen molar-refractivity contribution in [2.24, 2.45) is 0 Å². The van der Waals surface area contributed by atoms with Crippen LogP contribution in [-0.2, 0) is 14.9 Å². The fraction of sp³-hybridized carbons (Fsp3) is 0.500. The summed E-state index contributed by atoms with van der Waals surface area (Å²) >= 11 is 0. The van der Waals surface area contributed by atoms with E-state index >= 15 is 0 Å². The lowest BCUT2D eigenvalue weighted by Crippen LogP contribution is -2.52. The Morgan fingerprint density at radius 2 is 2.08 bits per heavy atom. The first-order valence-corrected chi connectivity index (χ1v) is 8.21. The van der Waals surface area contributed by atoms with Gasteiger partial charge in [0.1, 0.15) is 6.10 Å². The molecule has 1 aliphatic carbocycles. The van der Waals surface area contributed by atoms with Gasteiger partial charge in [0.15, 0.2) is 11.5 Å². The molecule has 24 heavy (non-hydrogen) atoms. The van der Waals surface area contributed by atoms with Crippen molar-refractivity contribution < 1.29 is 23.7 Å². The highest BCUT2D eigenvalue weighted by atomic mass is 16.7. The quantitative estimate of drug-likeness (QED) is 0.575. The van der Waals surface area contributed by atoms with Gasteiger partial charge in [0, 0.05) is 19.7 Å². The number of ether oxygens (including phenoxy) is 4. The van der Waals surface area contributed by atoms with Gasteiger partial charge in [0.2, 0.25) is 6.79 Å². The summed E-state index contributed by atoms with van der Waals surface area (Å²) in [6.45, 7) is 0.902. The highest BCUT2D eigenvalue weighted by Crippen LogP contribution is 2.52. The van der Waals surface area contributed by atoms with Crippen LogP contribution in [0.3, 0.4) is 0 Å². The Hall–Kier alpha value is -2.05. The van der Waals surface area contributed by atoms with Crippen molar-refractivity contribution in [2.75, 3.05) is 27.5 Å². The van der Waals surface area contributed by atoms with Gasteiger partial charge in [0.05, 0.1) is 17.1 Å². The molecule has 4 atom stereocenters. The minimum atomic E-state index is -0.353. The average Bonchev–Trinajstić information content (AvgIpc) is 3.16. The molecule has 126 valence electrons. The Labute approximate surface area is 139 Å². The number of carbonyl (C=O) groups excluding carboxylic acids is 1. The van der Waals surface area contributed by atoms with E-state index in [9.17, 15) is 4.79 Å². The minimum Gasteiger partial charge on any atom is -0.456 e. The van der Waals surface area contributed by atoms with E-state index in [0.29, 0.717) is 23.6 Å². The summed E-state index contributed by atoms with van der Waals surface area (Å²) in [7, 11) is 3.81. The first-order valence-electron chi connectivity index (χ1n) is 8.21. The van der Waals surface area contributed by atoms with Gasteiger partial charge in [-0.1, -0.05) is 12.2 Å². The summed E-state index contributed by atoms with van der Waals surface area (Å²) in [5.74, 6) is 1.03. The molecule has 3 aliphatic heterocycles. The Balaban J connectivity index is 1.74. The van der Waals surface area contributed by atoms with Crippen molar-refractivity contribution in [1.29, 1.82) is 0 Å². The second-order valence-corrected chi connectivity index (χ2v) is 6.90. The maximum absolute atomic E-state index is 12.5. The SMILES string of the molecule is CO[C@@H]1C=C[C@@]23c4cc5c(cc4C(=O)OC2CN(C)C3C1)OCO5. The summed E-state index contributed by atoms with van der Waals surface area (Å²) in [4.78, 5) is 14.8. The molecule has 0 amide bonds. The van der Waals surface area contributed by atoms with Crippen molar-refractivity contribution in [3.8, 4) is 11.5 Å². The highest BCUT2D eigenvalue weighted by molar-refractivity contribution is 5.94. The van der Waals surface area contributed by atoms with Crippen LogP contribution in [0.4, 0.5) is 0 Å². The van der Waals surface area contributed by atoms with Crippen LogP contribution in [0.25, 0.3) is 0 Å². The largest absolute Gasteiger partial charge is 0.456 e. The molecule has 6 heteroatoms. The molecule has 1 saturated heterocycles. The Bertz CT molecular complexity index is 760. The molecule has 0 bridgehead atoms. The number of hydrogen-bond donors (Lipinski definition) is 0. The fourth-order valence-corrected chi connectivity index (χ4v) is 4.69. The second-order valence-electron chi connectivity index (χ2n) is 6.90. The van der Waals surface area contributed by atoms with Gasteiger partial charge in [0.25, 0.3) is 0 Å². The zero-order chi connectivity index (χ0) is 16.5. The Kier molecular flexibility index (Phi) is 2.82. The number of rotatable bonds is 1. The molecule has 0 aromatic heterocycles. The maximum Gasteiger partial charge on any atom is 0.338 e. The normalized spacial score (nSPS) is 36.1. The standard InChI is InChI=1S/C18H19NO5/c1-19-8-16-18(4-3-10(21-2)5-15(18)19)12-7-14-13(22-9-23-14)6-11(12)17(20)24-16/h3-4,6-7,10,15-16H,5,8-9H2,1-2H3/t10-,15?,16?,18+/m1/s1. The monoisotopic (exact) mass is 329 g/mol. The lowest BCUT2D eigenvalue weighted by Gasteiger charge is -2.44. The Morgan fingerprint density at radius 3 is 2.88 bits per heavy atom. The van der Waals surface area contributed by atoms with Crippen LogP contribution in [-0.4, -0.2) is 56.6 Å². The molecule has 1 aromatic carbocycles. The lowest BCUT2D eigenvalue weighted by atomic mass is 9.65. The van der Waals surface area contributed by atoms with E-state index in [4.69, 9.17) is 18.9 Å². The van der Waals surface area contributed by atoms with Gasteiger partial charge in [-0.15, -0.1) is 0 Å². The summed E-state index contributed by atoms with van der Waals surface area (Å²) in [6, 6.07) is 3.94. The van der Waals surface area contributed by atoms with Crippen molar-refractivity contribution in [2.45, 2.75) is 30.1 Å². The van der Waals surface area contributed by atoms with Gasteiger partial charge < -0.3 is 18.9 Å². The number of benzene rings is 1. The number of nitrogens with zero attached hydrogens (tertiary/aromatic N) is 1. The molecule has 0 N–H and O–H groups in total. The zero-order valence-electron chi connectivity index (χ0n) is 13.7.